The highest BCUT2D eigenvalue weighted by molar-refractivity contribution is 7.14. The number of benzene rings is 1. The monoisotopic (exact) mass is 405 g/mol. The zero-order valence-corrected chi connectivity index (χ0v) is 16.2. The van der Waals surface area contributed by atoms with Gasteiger partial charge in [0.05, 0.1) is 17.7 Å². The van der Waals surface area contributed by atoms with Crippen LogP contribution in [0.15, 0.2) is 40.2 Å². The van der Waals surface area contributed by atoms with Crippen LogP contribution in [0.2, 0.25) is 0 Å². The van der Waals surface area contributed by atoms with E-state index in [2.05, 4.69) is 20.4 Å². The summed E-state index contributed by atoms with van der Waals surface area (Å²) >= 11 is 1.37. The van der Waals surface area contributed by atoms with Crippen molar-refractivity contribution in [1.29, 1.82) is 0 Å². The zero-order chi connectivity index (χ0) is 18.0. The molecule has 4 rings (SSSR count). The Kier molecular flexibility index (Phi) is 5.88. The molecule has 0 bridgehead atoms. The van der Waals surface area contributed by atoms with E-state index in [1.54, 1.807) is 12.1 Å². The molecule has 1 aliphatic carbocycles. The van der Waals surface area contributed by atoms with Crippen molar-refractivity contribution in [3.05, 3.63) is 58.7 Å². The summed E-state index contributed by atoms with van der Waals surface area (Å²) in [5.74, 6) is 0.888. The van der Waals surface area contributed by atoms with Crippen LogP contribution in [-0.4, -0.2) is 21.0 Å². The predicted octanol–water partition coefficient (Wildman–Crippen LogP) is 3.52. The third-order valence-electron chi connectivity index (χ3n) is 4.55. The molecule has 2 heterocycles. The summed E-state index contributed by atoms with van der Waals surface area (Å²) in [4.78, 5) is 21.0. The Hall–Kier alpha value is -2.29. The van der Waals surface area contributed by atoms with Crippen LogP contribution in [0.3, 0.4) is 0 Å². The fraction of sp³-hybridized carbons (Fsp3) is 0.333. The van der Waals surface area contributed by atoms with E-state index in [0.29, 0.717) is 28.8 Å². The Morgan fingerprint density at radius 3 is 2.70 bits per heavy atom. The molecule has 1 fully saturated rings. The number of halogens is 1. The summed E-state index contributed by atoms with van der Waals surface area (Å²) in [5.41, 5.74) is 7.26. The predicted molar refractivity (Wildman–Crippen MR) is 105 cm³/mol. The van der Waals surface area contributed by atoms with E-state index in [9.17, 15) is 4.79 Å². The van der Waals surface area contributed by atoms with Crippen LogP contribution in [0.25, 0.3) is 0 Å². The number of hydrogen-bond acceptors (Lipinski definition) is 7. The van der Waals surface area contributed by atoms with E-state index < -0.39 is 5.54 Å². The SMILES string of the molecule is Cl.NC1(c2noc(Cc3csc(NC(=O)c4ccccc4)n3)n2)CCCC1. The topological polar surface area (TPSA) is 107 Å². The van der Waals surface area contributed by atoms with Gasteiger partial charge in [0.1, 0.15) is 0 Å². The van der Waals surface area contributed by atoms with Gasteiger partial charge < -0.3 is 10.3 Å². The van der Waals surface area contributed by atoms with Gasteiger partial charge in [0.15, 0.2) is 11.0 Å². The quantitative estimate of drug-likeness (QED) is 0.672. The van der Waals surface area contributed by atoms with E-state index in [0.717, 1.165) is 31.4 Å². The minimum absolute atomic E-state index is 0. The van der Waals surface area contributed by atoms with E-state index in [4.69, 9.17) is 10.3 Å². The molecule has 142 valence electrons. The molecule has 1 amide bonds. The van der Waals surface area contributed by atoms with E-state index >= 15 is 0 Å². The smallest absolute Gasteiger partial charge is 0.257 e. The summed E-state index contributed by atoms with van der Waals surface area (Å²) in [6.07, 6.45) is 4.38. The molecule has 0 aliphatic heterocycles. The number of amides is 1. The van der Waals surface area contributed by atoms with Crippen molar-refractivity contribution < 1.29 is 9.32 Å². The molecule has 0 spiro atoms. The first-order valence-electron chi connectivity index (χ1n) is 8.55. The number of carbonyl (C=O) groups is 1. The number of nitrogens with one attached hydrogen (secondary N) is 1. The van der Waals surface area contributed by atoms with Crippen molar-refractivity contribution in [2.45, 2.75) is 37.6 Å². The second kappa shape index (κ2) is 8.16. The Labute approximate surface area is 166 Å². The van der Waals surface area contributed by atoms with Gasteiger partial charge in [-0.05, 0) is 25.0 Å². The first-order valence-corrected chi connectivity index (χ1v) is 9.43. The fourth-order valence-corrected chi connectivity index (χ4v) is 3.82. The van der Waals surface area contributed by atoms with E-state index in [1.165, 1.54) is 11.3 Å². The molecule has 7 nitrogen and oxygen atoms in total. The Morgan fingerprint density at radius 1 is 1.22 bits per heavy atom. The van der Waals surface area contributed by atoms with Gasteiger partial charge in [-0.15, -0.1) is 23.7 Å². The highest BCUT2D eigenvalue weighted by Crippen LogP contribution is 2.34. The summed E-state index contributed by atoms with van der Waals surface area (Å²) in [5, 5.41) is 9.27. The second-order valence-electron chi connectivity index (χ2n) is 6.52. The summed E-state index contributed by atoms with van der Waals surface area (Å²) in [6, 6.07) is 9.03. The molecule has 27 heavy (non-hydrogen) atoms. The summed E-state index contributed by atoms with van der Waals surface area (Å²) in [6.45, 7) is 0. The van der Waals surface area contributed by atoms with Crippen LogP contribution in [0.5, 0.6) is 0 Å². The molecule has 0 unspecified atom stereocenters. The van der Waals surface area contributed by atoms with Gasteiger partial charge in [0, 0.05) is 10.9 Å². The number of aromatic nitrogens is 3. The molecule has 0 saturated heterocycles. The fourth-order valence-electron chi connectivity index (χ4n) is 3.12. The Bertz CT molecular complexity index is 905. The standard InChI is InChI=1S/C18H19N5O2S.ClH/c19-18(8-4-5-9-18)16-21-14(25-23-16)10-13-11-26-17(20-13)22-15(24)12-6-2-1-3-7-12;/h1-3,6-7,11H,4-5,8-10,19H2,(H,20,22,24);1H. The number of nitrogens with zero attached hydrogens (tertiary/aromatic N) is 3. The number of hydrogen-bond donors (Lipinski definition) is 2. The number of thiazole rings is 1. The largest absolute Gasteiger partial charge is 0.339 e. The maximum absolute atomic E-state index is 12.2. The van der Waals surface area contributed by atoms with Crippen molar-refractivity contribution in [2.75, 3.05) is 5.32 Å². The number of anilines is 1. The molecule has 1 aromatic carbocycles. The number of nitrogens with two attached hydrogens (primary N) is 1. The number of carbonyl (C=O) groups excluding carboxylic acids is 1. The van der Waals surface area contributed by atoms with Crippen molar-refractivity contribution in [2.24, 2.45) is 5.73 Å². The van der Waals surface area contributed by atoms with Crippen molar-refractivity contribution in [3.8, 4) is 0 Å². The molecule has 3 aromatic rings. The summed E-state index contributed by atoms with van der Waals surface area (Å²) < 4.78 is 5.34. The first-order chi connectivity index (χ1) is 12.6. The molecule has 0 atom stereocenters. The lowest BCUT2D eigenvalue weighted by Crippen LogP contribution is -2.34. The lowest BCUT2D eigenvalue weighted by Gasteiger charge is -2.17. The molecule has 9 heteroatoms. The lowest BCUT2D eigenvalue weighted by molar-refractivity contribution is 0.102. The van der Waals surface area contributed by atoms with Gasteiger partial charge in [-0.2, -0.15) is 4.98 Å². The third-order valence-corrected chi connectivity index (χ3v) is 5.36. The van der Waals surface area contributed by atoms with Crippen LogP contribution in [0, 0.1) is 0 Å². The molecule has 2 aromatic heterocycles. The zero-order valence-electron chi connectivity index (χ0n) is 14.6. The van der Waals surface area contributed by atoms with Gasteiger partial charge in [0.25, 0.3) is 5.91 Å². The van der Waals surface area contributed by atoms with Crippen molar-refractivity contribution in [1.82, 2.24) is 15.1 Å². The highest BCUT2D eigenvalue weighted by atomic mass is 35.5. The average molecular weight is 406 g/mol. The van der Waals surface area contributed by atoms with Gasteiger partial charge >= 0.3 is 0 Å². The summed E-state index contributed by atoms with van der Waals surface area (Å²) in [7, 11) is 0. The second-order valence-corrected chi connectivity index (χ2v) is 7.37. The number of rotatable bonds is 5. The van der Waals surface area contributed by atoms with Crippen LogP contribution in [-0.2, 0) is 12.0 Å². The minimum Gasteiger partial charge on any atom is -0.339 e. The average Bonchev–Trinajstić information content (AvgIpc) is 3.39. The molecular weight excluding hydrogens is 386 g/mol. The van der Waals surface area contributed by atoms with E-state index in [1.807, 2.05) is 23.6 Å². The van der Waals surface area contributed by atoms with Crippen molar-refractivity contribution >= 4 is 34.8 Å². The molecular formula is C18H20ClN5O2S. The molecule has 3 N–H and O–H groups in total. The molecule has 1 aliphatic rings. The lowest BCUT2D eigenvalue weighted by atomic mass is 9.99. The van der Waals surface area contributed by atoms with Gasteiger partial charge in [-0.25, -0.2) is 4.98 Å². The highest BCUT2D eigenvalue weighted by Gasteiger charge is 2.35. The van der Waals surface area contributed by atoms with Gasteiger partial charge in [-0.1, -0.05) is 36.2 Å². The first kappa shape index (κ1) is 19.5. The normalized spacial score (nSPS) is 15.3. The van der Waals surface area contributed by atoms with Gasteiger partial charge in [-0.3, -0.25) is 10.1 Å². The Balaban J connectivity index is 0.00000210. The molecule has 0 radical (unpaired) electrons. The molecule has 1 saturated carbocycles. The van der Waals surface area contributed by atoms with E-state index in [-0.39, 0.29) is 18.3 Å². The van der Waals surface area contributed by atoms with Crippen molar-refractivity contribution in [3.63, 3.8) is 0 Å². The maximum atomic E-state index is 12.2. The van der Waals surface area contributed by atoms with Crippen LogP contribution in [0.1, 0.15) is 53.5 Å². The maximum Gasteiger partial charge on any atom is 0.257 e. The minimum atomic E-state index is -0.460. The third kappa shape index (κ3) is 4.35. The van der Waals surface area contributed by atoms with Crippen LogP contribution < -0.4 is 11.1 Å². The Morgan fingerprint density at radius 2 is 1.96 bits per heavy atom. The van der Waals surface area contributed by atoms with Crippen LogP contribution in [0.4, 0.5) is 5.13 Å². The van der Waals surface area contributed by atoms with Gasteiger partial charge in [0.2, 0.25) is 5.89 Å². The van der Waals surface area contributed by atoms with Crippen LogP contribution >= 0.6 is 23.7 Å².